The van der Waals surface area contributed by atoms with Gasteiger partial charge in [-0.15, -0.1) is 0 Å². The molecule has 124 valence electrons. The minimum absolute atomic E-state index is 0.121. The zero-order valence-electron chi connectivity index (χ0n) is 13.3. The molecule has 1 aliphatic heterocycles. The van der Waals surface area contributed by atoms with Gasteiger partial charge in [0.05, 0.1) is 6.61 Å². The number of nitrogens with one attached hydrogen (secondary N) is 1. The van der Waals surface area contributed by atoms with Crippen molar-refractivity contribution >= 4 is 26.8 Å². The summed E-state index contributed by atoms with van der Waals surface area (Å²) in [7, 11) is 0. The zero-order valence-corrected chi connectivity index (χ0v) is 14.9. The van der Waals surface area contributed by atoms with Crippen LogP contribution in [-0.4, -0.2) is 59.2 Å². The molecular formula is C17H22BrN3O2. The molecule has 1 aromatic carbocycles. The number of rotatable bonds is 4. The standard InChI is InChI=1S/C17H22BrN3O2/c1-12-15(11-21-6-4-20(5-7-21)8-9-22)17(23)14-10-13(18)2-3-16(14)19-12/h2-3,10,22H,4-9,11H2,1H3,(H,19,23). The van der Waals surface area contributed by atoms with E-state index < -0.39 is 0 Å². The summed E-state index contributed by atoms with van der Waals surface area (Å²) in [6.07, 6.45) is 0. The molecule has 0 atom stereocenters. The van der Waals surface area contributed by atoms with Crippen LogP contribution in [0.25, 0.3) is 10.9 Å². The van der Waals surface area contributed by atoms with Gasteiger partial charge in [0.25, 0.3) is 0 Å². The van der Waals surface area contributed by atoms with Crippen LogP contribution in [0.4, 0.5) is 0 Å². The number of aryl methyl sites for hydroxylation is 1. The SMILES string of the molecule is Cc1[nH]c2ccc(Br)cc2c(=O)c1CN1CCN(CCO)CC1. The lowest BCUT2D eigenvalue weighted by Gasteiger charge is -2.34. The van der Waals surface area contributed by atoms with Gasteiger partial charge in [0, 0.05) is 65.9 Å². The molecule has 1 aromatic heterocycles. The molecule has 0 amide bonds. The second-order valence-electron chi connectivity index (χ2n) is 6.09. The summed E-state index contributed by atoms with van der Waals surface area (Å²) >= 11 is 3.44. The van der Waals surface area contributed by atoms with Gasteiger partial charge in [-0.3, -0.25) is 14.6 Å². The van der Waals surface area contributed by atoms with Gasteiger partial charge in [0.15, 0.2) is 5.43 Å². The molecule has 3 rings (SSSR count). The number of hydrogen-bond acceptors (Lipinski definition) is 4. The van der Waals surface area contributed by atoms with E-state index in [1.807, 2.05) is 25.1 Å². The summed E-state index contributed by atoms with van der Waals surface area (Å²) in [6, 6.07) is 5.76. The van der Waals surface area contributed by atoms with Gasteiger partial charge in [-0.05, 0) is 25.1 Å². The van der Waals surface area contributed by atoms with E-state index in [0.717, 1.165) is 59.4 Å². The van der Waals surface area contributed by atoms with E-state index in [-0.39, 0.29) is 12.0 Å². The van der Waals surface area contributed by atoms with Crippen LogP contribution in [0.15, 0.2) is 27.5 Å². The van der Waals surface area contributed by atoms with E-state index in [4.69, 9.17) is 5.11 Å². The molecule has 6 heteroatoms. The lowest BCUT2D eigenvalue weighted by atomic mass is 10.1. The number of β-amino-alcohol motifs (C(OH)–C–C–N with tert-alkyl or cyclic N) is 1. The molecule has 2 aromatic rings. The fourth-order valence-corrected chi connectivity index (χ4v) is 3.51. The molecule has 0 aliphatic carbocycles. The number of H-pyrrole nitrogens is 1. The monoisotopic (exact) mass is 379 g/mol. The van der Waals surface area contributed by atoms with Crippen LogP contribution >= 0.6 is 15.9 Å². The maximum absolute atomic E-state index is 12.8. The zero-order chi connectivity index (χ0) is 16.4. The smallest absolute Gasteiger partial charge is 0.194 e. The maximum Gasteiger partial charge on any atom is 0.194 e. The number of pyridine rings is 1. The van der Waals surface area contributed by atoms with Gasteiger partial charge >= 0.3 is 0 Å². The fourth-order valence-electron chi connectivity index (χ4n) is 3.15. The Labute approximate surface area is 144 Å². The Kier molecular flexibility index (Phi) is 5.16. The van der Waals surface area contributed by atoms with Gasteiger partial charge in [-0.1, -0.05) is 15.9 Å². The normalized spacial score (nSPS) is 17.0. The van der Waals surface area contributed by atoms with Crippen LogP contribution in [0.1, 0.15) is 11.3 Å². The van der Waals surface area contributed by atoms with Crippen LogP contribution in [0, 0.1) is 6.92 Å². The molecule has 0 bridgehead atoms. The van der Waals surface area contributed by atoms with Crippen molar-refractivity contribution in [2.24, 2.45) is 0 Å². The number of benzene rings is 1. The average Bonchev–Trinajstić information content (AvgIpc) is 2.54. The van der Waals surface area contributed by atoms with Crippen LogP contribution in [0.3, 0.4) is 0 Å². The topological polar surface area (TPSA) is 59.6 Å². The quantitative estimate of drug-likeness (QED) is 0.848. The third-order valence-corrected chi connectivity index (χ3v) is 5.03. The number of hydrogen-bond donors (Lipinski definition) is 2. The van der Waals surface area contributed by atoms with Crippen molar-refractivity contribution in [2.45, 2.75) is 13.5 Å². The second kappa shape index (κ2) is 7.13. The van der Waals surface area contributed by atoms with Crippen LogP contribution in [-0.2, 0) is 6.54 Å². The van der Waals surface area contributed by atoms with Gasteiger partial charge in [-0.2, -0.15) is 0 Å². The minimum atomic E-state index is 0.121. The second-order valence-corrected chi connectivity index (χ2v) is 7.00. The van der Waals surface area contributed by atoms with Crippen LogP contribution in [0.2, 0.25) is 0 Å². The first kappa shape index (κ1) is 16.6. The first-order valence-corrected chi connectivity index (χ1v) is 8.74. The summed E-state index contributed by atoms with van der Waals surface area (Å²) in [5.41, 5.74) is 2.80. The Morgan fingerprint density at radius 2 is 1.91 bits per heavy atom. The van der Waals surface area contributed by atoms with Crippen molar-refractivity contribution < 1.29 is 5.11 Å². The maximum atomic E-state index is 12.8. The predicted octanol–water partition coefficient (Wildman–Crippen LogP) is 1.71. The van der Waals surface area contributed by atoms with Crippen molar-refractivity contribution in [1.29, 1.82) is 0 Å². The summed E-state index contributed by atoms with van der Waals surface area (Å²) in [5, 5.41) is 9.75. The Morgan fingerprint density at radius 1 is 1.22 bits per heavy atom. The predicted molar refractivity (Wildman–Crippen MR) is 95.8 cm³/mol. The van der Waals surface area contributed by atoms with Gasteiger partial charge in [0.1, 0.15) is 0 Å². The Morgan fingerprint density at radius 3 is 2.61 bits per heavy atom. The van der Waals surface area contributed by atoms with Crippen molar-refractivity contribution in [2.75, 3.05) is 39.3 Å². The van der Waals surface area contributed by atoms with Gasteiger partial charge in [-0.25, -0.2) is 0 Å². The molecule has 0 spiro atoms. The highest BCUT2D eigenvalue weighted by molar-refractivity contribution is 9.10. The molecule has 2 heterocycles. The largest absolute Gasteiger partial charge is 0.395 e. The summed E-state index contributed by atoms with van der Waals surface area (Å²) in [4.78, 5) is 20.8. The van der Waals surface area contributed by atoms with Gasteiger partial charge in [0.2, 0.25) is 0 Å². The Balaban J connectivity index is 1.82. The van der Waals surface area contributed by atoms with Gasteiger partial charge < -0.3 is 10.1 Å². The Bertz CT molecular complexity index is 751. The molecule has 0 unspecified atom stereocenters. The first-order chi connectivity index (χ1) is 11.1. The lowest BCUT2D eigenvalue weighted by molar-refractivity contribution is 0.108. The van der Waals surface area contributed by atoms with E-state index in [0.29, 0.717) is 6.54 Å². The number of aliphatic hydroxyl groups is 1. The molecular weight excluding hydrogens is 358 g/mol. The molecule has 23 heavy (non-hydrogen) atoms. The third-order valence-electron chi connectivity index (χ3n) is 4.54. The molecule has 5 nitrogen and oxygen atoms in total. The summed E-state index contributed by atoms with van der Waals surface area (Å²) in [5.74, 6) is 0. The number of aromatic amines is 1. The lowest BCUT2D eigenvalue weighted by Crippen LogP contribution is -2.47. The highest BCUT2D eigenvalue weighted by Gasteiger charge is 2.19. The van der Waals surface area contributed by atoms with E-state index in [1.165, 1.54) is 0 Å². The number of piperazine rings is 1. The van der Waals surface area contributed by atoms with E-state index in [9.17, 15) is 4.79 Å². The van der Waals surface area contributed by atoms with Crippen molar-refractivity contribution in [1.82, 2.24) is 14.8 Å². The van der Waals surface area contributed by atoms with E-state index in [1.54, 1.807) is 0 Å². The van der Waals surface area contributed by atoms with E-state index >= 15 is 0 Å². The molecule has 1 fully saturated rings. The molecule has 1 aliphatic rings. The van der Waals surface area contributed by atoms with Crippen LogP contribution in [0.5, 0.6) is 0 Å². The Hall–Kier alpha value is -1.21. The molecule has 1 saturated heterocycles. The number of aromatic nitrogens is 1. The number of fused-ring (bicyclic) bond motifs is 1. The third kappa shape index (κ3) is 3.66. The molecule has 2 N–H and O–H groups in total. The number of aliphatic hydroxyl groups excluding tert-OH is 1. The minimum Gasteiger partial charge on any atom is -0.395 e. The van der Waals surface area contributed by atoms with Crippen molar-refractivity contribution in [3.8, 4) is 0 Å². The van der Waals surface area contributed by atoms with E-state index in [2.05, 4.69) is 30.7 Å². The molecule has 0 radical (unpaired) electrons. The van der Waals surface area contributed by atoms with Crippen molar-refractivity contribution in [3.05, 3.63) is 44.2 Å². The molecule has 0 saturated carbocycles. The highest BCUT2D eigenvalue weighted by Crippen LogP contribution is 2.18. The number of nitrogens with zero attached hydrogens (tertiary/aromatic N) is 2. The number of halogens is 1. The fraction of sp³-hybridized carbons (Fsp3) is 0.471. The van der Waals surface area contributed by atoms with Crippen LogP contribution < -0.4 is 5.43 Å². The summed E-state index contributed by atoms with van der Waals surface area (Å²) < 4.78 is 0.919. The average molecular weight is 380 g/mol. The highest BCUT2D eigenvalue weighted by atomic mass is 79.9. The van der Waals surface area contributed by atoms with Crippen molar-refractivity contribution in [3.63, 3.8) is 0 Å². The summed E-state index contributed by atoms with van der Waals surface area (Å²) in [6.45, 7) is 7.32. The first-order valence-electron chi connectivity index (χ1n) is 7.95.